The first-order chi connectivity index (χ1) is 6.63. The maximum absolute atomic E-state index is 10.8. The molecule has 0 N–H and O–H groups in total. The molecule has 1 atom stereocenters. The number of carbonyl (C=O) groups excluding carboxylic acids is 1. The zero-order chi connectivity index (χ0) is 11.0. The maximum Gasteiger partial charge on any atom is 0.358 e. The van der Waals surface area contributed by atoms with Gasteiger partial charge >= 0.3 is 5.97 Å². The molecular formula is C12H23O2. The molecule has 0 aromatic heterocycles. The van der Waals surface area contributed by atoms with Gasteiger partial charge in [-0.25, -0.2) is 9.90 Å². The second-order valence-corrected chi connectivity index (χ2v) is 4.15. The van der Waals surface area contributed by atoms with Crippen LogP contribution in [0.2, 0.25) is 0 Å². The topological polar surface area (TPSA) is 37.0 Å². The minimum Gasteiger partial charge on any atom is -0.247 e. The lowest BCUT2D eigenvalue weighted by Gasteiger charge is -2.19. The summed E-state index contributed by atoms with van der Waals surface area (Å²) in [4.78, 5) is 10.8. The summed E-state index contributed by atoms with van der Waals surface area (Å²) in [6.45, 7) is 6.06. The van der Waals surface area contributed by atoms with Crippen molar-refractivity contribution in [2.45, 2.75) is 59.3 Å². The van der Waals surface area contributed by atoms with Crippen LogP contribution in [0.1, 0.15) is 59.3 Å². The van der Waals surface area contributed by atoms with Crippen molar-refractivity contribution in [2.24, 2.45) is 11.8 Å². The van der Waals surface area contributed by atoms with Crippen LogP contribution in [0.25, 0.3) is 0 Å². The quantitative estimate of drug-likeness (QED) is 0.588. The Hall–Kier alpha value is -0.530. The van der Waals surface area contributed by atoms with Crippen molar-refractivity contribution in [1.29, 1.82) is 0 Å². The Bertz CT molecular complexity index is 146. The first kappa shape index (κ1) is 13.5. The fourth-order valence-electron chi connectivity index (χ4n) is 1.77. The maximum atomic E-state index is 10.8. The molecule has 2 nitrogen and oxygen atoms in total. The monoisotopic (exact) mass is 199 g/mol. The molecule has 0 heterocycles. The molecule has 0 saturated carbocycles. The van der Waals surface area contributed by atoms with Crippen molar-refractivity contribution >= 4 is 5.97 Å². The minimum absolute atomic E-state index is 0.284. The lowest BCUT2D eigenvalue weighted by Crippen LogP contribution is -2.19. The molecule has 0 aromatic carbocycles. The number of hydrogen-bond donors (Lipinski definition) is 0. The molecule has 0 bridgehead atoms. The summed E-state index contributed by atoms with van der Waals surface area (Å²) in [5, 5.41) is 10.8. The number of rotatable bonds is 8. The predicted molar refractivity (Wildman–Crippen MR) is 57.4 cm³/mol. The Morgan fingerprint density at radius 1 is 1.07 bits per heavy atom. The molecule has 0 aliphatic carbocycles. The molecule has 14 heavy (non-hydrogen) atoms. The predicted octanol–water partition coefficient (Wildman–Crippen LogP) is 3.58. The Labute approximate surface area is 87.7 Å². The smallest absolute Gasteiger partial charge is 0.247 e. The molecule has 1 radical (unpaired) electrons. The van der Waals surface area contributed by atoms with Crippen LogP contribution in [0.15, 0.2) is 0 Å². The Kier molecular flexibility index (Phi) is 7.54. The van der Waals surface area contributed by atoms with Crippen LogP contribution in [0, 0.1) is 11.8 Å². The number of hydrogen-bond acceptors (Lipinski definition) is 1. The van der Waals surface area contributed by atoms with Gasteiger partial charge in [-0.1, -0.05) is 46.5 Å². The molecule has 1 unspecified atom stereocenters. The Morgan fingerprint density at radius 2 is 1.50 bits per heavy atom. The third-order valence-corrected chi connectivity index (χ3v) is 2.94. The fourth-order valence-corrected chi connectivity index (χ4v) is 1.77. The highest BCUT2D eigenvalue weighted by Crippen LogP contribution is 2.24. The third kappa shape index (κ3) is 5.25. The molecule has 0 aromatic rings. The van der Waals surface area contributed by atoms with Crippen molar-refractivity contribution in [1.82, 2.24) is 0 Å². The van der Waals surface area contributed by atoms with Gasteiger partial charge in [0.1, 0.15) is 0 Å². The molecule has 0 rings (SSSR count). The van der Waals surface area contributed by atoms with Crippen LogP contribution < -0.4 is 0 Å². The van der Waals surface area contributed by atoms with E-state index < -0.39 is 5.97 Å². The SMILES string of the molecule is CCCCC(CCCC)C(C)C([O])=O. The summed E-state index contributed by atoms with van der Waals surface area (Å²) < 4.78 is 0. The summed E-state index contributed by atoms with van der Waals surface area (Å²) in [6, 6.07) is 0. The first-order valence-corrected chi connectivity index (χ1v) is 5.84. The third-order valence-electron chi connectivity index (χ3n) is 2.94. The van der Waals surface area contributed by atoms with E-state index in [1.54, 1.807) is 6.92 Å². The van der Waals surface area contributed by atoms with Crippen molar-refractivity contribution < 1.29 is 9.90 Å². The zero-order valence-electron chi connectivity index (χ0n) is 9.71. The minimum atomic E-state index is -0.887. The van der Waals surface area contributed by atoms with Crippen LogP contribution in [0.5, 0.6) is 0 Å². The standard InChI is InChI=1S/C12H23O2/c1-4-6-8-11(9-7-5-2)10(3)12(13)14/h10-11H,4-9H2,1-3H3. The molecule has 0 aliphatic rings. The van der Waals surface area contributed by atoms with Crippen LogP contribution in [0.4, 0.5) is 0 Å². The number of unbranched alkanes of at least 4 members (excludes halogenated alkanes) is 2. The summed E-state index contributed by atoms with van der Waals surface area (Å²) >= 11 is 0. The van der Waals surface area contributed by atoms with Gasteiger partial charge in [0.05, 0.1) is 5.92 Å². The fraction of sp³-hybridized carbons (Fsp3) is 0.917. The van der Waals surface area contributed by atoms with Crippen molar-refractivity contribution in [3.8, 4) is 0 Å². The molecular weight excluding hydrogens is 176 g/mol. The average molecular weight is 199 g/mol. The van der Waals surface area contributed by atoms with Crippen molar-refractivity contribution in [3.63, 3.8) is 0 Å². The van der Waals surface area contributed by atoms with E-state index in [0.29, 0.717) is 5.92 Å². The van der Waals surface area contributed by atoms with E-state index in [1.807, 2.05) is 0 Å². The lowest BCUT2D eigenvalue weighted by atomic mass is 9.85. The van der Waals surface area contributed by atoms with Gasteiger partial charge in [0.2, 0.25) is 0 Å². The van der Waals surface area contributed by atoms with Crippen LogP contribution >= 0.6 is 0 Å². The van der Waals surface area contributed by atoms with Gasteiger partial charge in [-0.05, 0) is 18.8 Å². The van der Waals surface area contributed by atoms with Gasteiger partial charge < -0.3 is 0 Å². The van der Waals surface area contributed by atoms with Crippen LogP contribution in [0.3, 0.4) is 0 Å². The van der Waals surface area contributed by atoms with Gasteiger partial charge in [-0.2, -0.15) is 0 Å². The highest BCUT2D eigenvalue weighted by atomic mass is 16.4. The van der Waals surface area contributed by atoms with Gasteiger partial charge in [0.15, 0.2) is 0 Å². The molecule has 0 amide bonds. The molecule has 0 spiro atoms. The van der Waals surface area contributed by atoms with Gasteiger partial charge in [-0.3, -0.25) is 0 Å². The summed E-state index contributed by atoms with van der Waals surface area (Å²) in [5.41, 5.74) is 0. The normalized spacial score (nSPS) is 13.1. The van der Waals surface area contributed by atoms with E-state index in [1.165, 1.54) is 0 Å². The van der Waals surface area contributed by atoms with E-state index in [2.05, 4.69) is 13.8 Å². The van der Waals surface area contributed by atoms with E-state index >= 15 is 0 Å². The second-order valence-electron chi connectivity index (χ2n) is 4.15. The van der Waals surface area contributed by atoms with E-state index in [0.717, 1.165) is 38.5 Å². The Balaban J connectivity index is 4.01. The highest BCUT2D eigenvalue weighted by molar-refractivity contribution is 5.69. The lowest BCUT2D eigenvalue weighted by molar-refractivity contribution is -0.149. The van der Waals surface area contributed by atoms with Crippen molar-refractivity contribution in [3.05, 3.63) is 0 Å². The Morgan fingerprint density at radius 3 is 1.79 bits per heavy atom. The zero-order valence-corrected chi connectivity index (χ0v) is 9.71. The van der Waals surface area contributed by atoms with E-state index in [4.69, 9.17) is 0 Å². The first-order valence-electron chi connectivity index (χ1n) is 5.84. The largest absolute Gasteiger partial charge is 0.358 e. The number of carbonyl (C=O) groups is 1. The summed E-state index contributed by atoms with van der Waals surface area (Å²) in [6.07, 6.45) is 6.61. The van der Waals surface area contributed by atoms with Crippen LogP contribution in [-0.2, 0) is 9.90 Å². The average Bonchev–Trinajstić information content (AvgIpc) is 2.17. The van der Waals surface area contributed by atoms with Crippen LogP contribution in [-0.4, -0.2) is 5.97 Å². The summed E-state index contributed by atoms with van der Waals surface area (Å²) in [5.74, 6) is -0.852. The highest BCUT2D eigenvalue weighted by Gasteiger charge is 2.23. The van der Waals surface area contributed by atoms with Gasteiger partial charge in [0, 0.05) is 0 Å². The second kappa shape index (κ2) is 7.84. The van der Waals surface area contributed by atoms with Gasteiger partial charge in [0.25, 0.3) is 0 Å². The molecule has 83 valence electrons. The molecule has 2 heteroatoms. The molecule has 0 fully saturated rings. The van der Waals surface area contributed by atoms with E-state index in [9.17, 15) is 9.90 Å². The molecule has 0 saturated heterocycles. The summed E-state index contributed by atoms with van der Waals surface area (Å²) in [7, 11) is 0. The molecule has 0 aliphatic heterocycles. The van der Waals surface area contributed by atoms with E-state index in [-0.39, 0.29) is 5.92 Å². The van der Waals surface area contributed by atoms with Gasteiger partial charge in [-0.15, -0.1) is 0 Å². The van der Waals surface area contributed by atoms with Crippen molar-refractivity contribution in [2.75, 3.05) is 0 Å².